The Morgan fingerprint density at radius 3 is 2.39 bits per heavy atom. The number of nitrogens with two attached hydrogens (primary N) is 1. The fourth-order valence-electron chi connectivity index (χ4n) is 2.16. The van der Waals surface area contributed by atoms with Crippen molar-refractivity contribution in [3.05, 3.63) is 47.5 Å². The van der Waals surface area contributed by atoms with E-state index in [1.54, 1.807) is 6.21 Å². The maximum absolute atomic E-state index is 10.3. The molecule has 1 atom stereocenters. The zero-order valence-electron chi connectivity index (χ0n) is 10.7. The highest BCUT2D eigenvalue weighted by molar-refractivity contribution is 6.01. The summed E-state index contributed by atoms with van der Waals surface area (Å²) in [5, 5.41) is 15.9. The Hall–Kier alpha value is -1.87. The largest absolute Gasteiger partial charge is 0.388 e. The lowest BCUT2D eigenvalue weighted by Gasteiger charge is -2.18. The molecule has 0 aliphatic heterocycles. The predicted molar refractivity (Wildman–Crippen MR) is 75.5 cm³/mol. The molecule has 1 unspecified atom stereocenters. The lowest BCUT2D eigenvalue weighted by Crippen LogP contribution is -2.06. The first-order chi connectivity index (χ1) is 8.65. The molecular formula is C15H18N2O. The van der Waals surface area contributed by atoms with Crippen LogP contribution < -0.4 is 5.84 Å². The van der Waals surface area contributed by atoms with Crippen LogP contribution >= 0.6 is 0 Å². The molecule has 0 heterocycles. The quantitative estimate of drug-likeness (QED) is 0.494. The summed E-state index contributed by atoms with van der Waals surface area (Å²) in [5.74, 6) is 5.40. The number of hydrogen-bond donors (Lipinski definition) is 2. The SMILES string of the molecule is CC(C)C(O)c1ccc(C=NN)c2ccccc12. The van der Waals surface area contributed by atoms with Crippen molar-refractivity contribution in [2.24, 2.45) is 16.9 Å². The van der Waals surface area contributed by atoms with Gasteiger partial charge in [-0.3, -0.25) is 0 Å². The summed E-state index contributed by atoms with van der Waals surface area (Å²) in [7, 11) is 0. The van der Waals surface area contributed by atoms with E-state index in [0.29, 0.717) is 0 Å². The predicted octanol–water partition coefficient (Wildman–Crippen LogP) is 2.82. The molecule has 0 saturated carbocycles. The normalized spacial score (nSPS) is 13.6. The maximum atomic E-state index is 10.3. The molecule has 18 heavy (non-hydrogen) atoms. The van der Waals surface area contributed by atoms with Crippen molar-refractivity contribution < 1.29 is 5.11 Å². The smallest absolute Gasteiger partial charge is 0.0818 e. The number of fused-ring (bicyclic) bond motifs is 1. The Labute approximate surface area is 107 Å². The van der Waals surface area contributed by atoms with E-state index in [4.69, 9.17) is 5.84 Å². The van der Waals surface area contributed by atoms with Gasteiger partial charge in [-0.15, -0.1) is 0 Å². The molecule has 0 spiro atoms. The van der Waals surface area contributed by atoms with Crippen molar-refractivity contribution in [1.29, 1.82) is 0 Å². The summed E-state index contributed by atoms with van der Waals surface area (Å²) < 4.78 is 0. The van der Waals surface area contributed by atoms with Crippen molar-refractivity contribution in [3.8, 4) is 0 Å². The van der Waals surface area contributed by atoms with Gasteiger partial charge in [0.25, 0.3) is 0 Å². The van der Waals surface area contributed by atoms with E-state index in [2.05, 4.69) is 5.10 Å². The molecule has 2 rings (SSSR count). The first-order valence-corrected chi connectivity index (χ1v) is 6.08. The van der Waals surface area contributed by atoms with Crippen LogP contribution in [-0.2, 0) is 0 Å². The molecule has 3 nitrogen and oxygen atoms in total. The first-order valence-electron chi connectivity index (χ1n) is 6.08. The van der Waals surface area contributed by atoms with Gasteiger partial charge in [0, 0.05) is 5.56 Å². The minimum Gasteiger partial charge on any atom is -0.388 e. The second kappa shape index (κ2) is 5.19. The van der Waals surface area contributed by atoms with Crippen LogP contribution in [0.15, 0.2) is 41.5 Å². The van der Waals surface area contributed by atoms with Gasteiger partial charge in [-0.1, -0.05) is 50.2 Å². The molecule has 3 N–H and O–H groups in total. The topological polar surface area (TPSA) is 58.6 Å². The number of rotatable bonds is 3. The van der Waals surface area contributed by atoms with E-state index in [1.807, 2.05) is 50.2 Å². The molecule has 0 fully saturated rings. The fourth-order valence-corrected chi connectivity index (χ4v) is 2.16. The Morgan fingerprint density at radius 2 is 1.78 bits per heavy atom. The average Bonchev–Trinajstić information content (AvgIpc) is 2.38. The molecule has 0 radical (unpaired) electrons. The van der Waals surface area contributed by atoms with E-state index in [-0.39, 0.29) is 5.92 Å². The first kappa shape index (κ1) is 12.6. The number of hydrazone groups is 1. The summed E-state index contributed by atoms with van der Waals surface area (Å²) in [4.78, 5) is 0. The maximum Gasteiger partial charge on any atom is 0.0818 e. The van der Waals surface area contributed by atoms with Gasteiger partial charge in [-0.25, -0.2) is 0 Å². The van der Waals surface area contributed by atoms with Gasteiger partial charge in [-0.2, -0.15) is 5.10 Å². The number of aliphatic hydroxyl groups is 1. The van der Waals surface area contributed by atoms with E-state index in [9.17, 15) is 5.11 Å². The number of hydrogen-bond acceptors (Lipinski definition) is 3. The van der Waals surface area contributed by atoms with Gasteiger partial charge in [0.05, 0.1) is 12.3 Å². The van der Waals surface area contributed by atoms with Crippen molar-refractivity contribution in [2.75, 3.05) is 0 Å². The van der Waals surface area contributed by atoms with Crippen LogP contribution in [0.1, 0.15) is 31.1 Å². The third-order valence-electron chi connectivity index (χ3n) is 3.16. The van der Waals surface area contributed by atoms with Gasteiger partial charge in [0.2, 0.25) is 0 Å². The van der Waals surface area contributed by atoms with Crippen LogP contribution in [-0.4, -0.2) is 11.3 Å². The van der Waals surface area contributed by atoms with Crippen molar-refractivity contribution in [2.45, 2.75) is 20.0 Å². The second-order valence-corrected chi connectivity index (χ2v) is 4.76. The second-order valence-electron chi connectivity index (χ2n) is 4.76. The van der Waals surface area contributed by atoms with Crippen molar-refractivity contribution in [1.82, 2.24) is 0 Å². The lowest BCUT2D eigenvalue weighted by molar-refractivity contribution is 0.128. The monoisotopic (exact) mass is 242 g/mol. The van der Waals surface area contributed by atoms with Gasteiger partial charge in [0.1, 0.15) is 0 Å². The van der Waals surface area contributed by atoms with Gasteiger partial charge in [0.15, 0.2) is 0 Å². The highest BCUT2D eigenvalue weighted by Gasteiger charge is 2.15. The highest BCUT2D eigenvalue weighted by atomic mass is 16.3. The van der Waals surface area contributed by atoms with Crippen LogP contribution in [0.4, 0.5) is 0 Å². The molecule has 0 bridgehead atoms. The molecule has 0 aromatic heterocycles. The van der Waals surface area contributed by atoms with Crippen LogP contribution in [0, 0.1) is 5.92 Å². The summed E-state index contributed by atoms with van der Waals surface area (Å²) in [6.45, 7) is 4.02. The Bertz CT molecular complexity index is 576. The molecule has 94 valence electrons. The van der Waals surface area contributed by atoms with Gasteiger partial charge in [-0.05, 0) is 22.3 Å². The zero-order valence-corrected chi connectivity index (χ0v) is 10.7. The highest BCUT2D eigenvalue weighted by Crippen LogP contribution is 2.30. The lowest BCUT2D eigenvalue weighted by atomic mass is 9.92. The molecule has 2 aromatic rings. The standard InChI is InChI=1S/C15H18N2O/c1-10(2)15(18)14-8-7-11(9-17-16)12-5-3-4-6-13(12)14/h3-10,15,18H,16H2,1-2H3. The van der Waals surface area contributed by atoms with Crippen LogP contribution in [0.2, 0.25) is 0 Å². The summed E-state index contributed by atoms with van der Waals surface area (Å²) in [6, 6.07) is 11.9. The third kappa shape index (κ3) is 2.22. The Morgan fingerprint density at radius 1 is 1.11 bits per heavy atom. The van der Waals surface area contributed by atoms with Gasteiger partial charge < -0.3 is 10.9 Å². The van der Waals surface area contributed by atoms with E-state index >= 15 is 0 Å². The molecule has 0 saturated heterocycles. The average molecular weight is 242 g/mol. The summed E-state index contributed by atoms with van der Waals surface area (Å²) in [5.41, 5.74) is 1.92. The summed E-state index contributed by atoms with van der Waals surface area (Å²) in [6.07, 6.45) is 1.17. The fraction of sp³-hybridized carbons (Fsp3) is 0.267. The molecule has 3 heteroatoms. The van der Waals surface area contributed by atoms with Crippen molar-refractivity contribution in [3.63, 3.8) is 0 Å². The third-order valence-corrected chi connectivity index (χ3v) is 3.16. The van der Waals surface area contributed by atoms with Crippen molar-refractivity contribution >= 4 is 17.0 Å². The molecular weight excluding hydrogens is 224 g/mol. The minimum absolute atomic E-state index is 0.183. The number of nitrogens with zero attached hydrogens (tertiary/aromatic N) is 1. The zero-order chi connectivity index (χ0) is 13.1. The Kier molecular flexibility index (Phi) is 3.63. The molecule has 0 aliphatic rings. The molecule has 0 aliphatic carbocycles. The number of aliphatic hydroxyl groups excluding tert-OH is 1. The van der Waals surface area contributed by atoms with Crippen LogP contribution in [0.5, 0.6) is 0 Å². The van der Waals surface area contributed by atoms with E-state index < -0.39 is 6.10 Å². The van der Waals surface area contributed by atoms with Gasteiger partial charge >= 0.3 is 0 Å². The van der Waals surface area contributed by atoms with Crippen LogP contribution in [0.25, 0.3) is 10.8 Å². The van der Waals surface area contributed by atoms with E-state index in [0.717, 1.165) is 21.9 Å². The van der Waals surface area contributed by atoms with E-state index in [1.165, 1.54) is 0 Å². The minimum atomic E-state index is -0.459. The summed E-state index contributed by atoms with van der Waals surface area (Å²) >= 11 is 0. The molecule has 2 aromatic carbocycles. The Balaban J connectivity index is 2.68. The van der Waals surface area contributed by atoms with Crippen LogP contribution in [0.3, 0.4) is 0 Å². The number of benzene rings is 2. The molecule has 0 amide bonds.